The lowest BCUT2D eigenvalue weighted by Crippen LogP contribution is -2.55. The van der Waals surface area contributed by atoms with E-state index in [9.17, 15) is 14.4 Å². The van der Waals surface area contributed by atoms with Gasteiger partial charge in [-0.05, 0) is 48.4 Å². The number of benzene rings is 3. The van der Waals surface area contributed by atoms with Gasteiger partial charge < -0.3 is 20.4 Å². The standard InChI is InChI=1S/C29H34N4O3.ClH/c1-19(2)16-27(34)32-18-24(31-28(35)20(3)30-4)29(36)33(26-15-8-7-14-25(26)32)17-22-12-9-11-21-10-5-6-13-23(21)22;/h5-15,19-20,24,30H,16-18H2,1-4H3,(H,31,35);1H. The molecule has 0 bridgehead atoms. The average Bonchev–Trinajstić information content (AvgIpc) is 2.98. The molecule has 0 fully saturated rings. The summed E-state index contributed by atoms with van der Waals surface area (Å²) in [6.07, 6.45) is 0.347. The maximum Gasteiger partial charge on any atom is 0.251 e. The monoisotopic (exact) mass is 522 g/mol. The molecule has 196 valence electrons. The molecule has 0 spiro atoms. The first-order valence-corrected chi connectivity index (χ1v) is 12.4. The van der Waals surface area contributed by atoms with E-state index in [-0.39, 0.29) is 42.6 Å². The van der Waals surface area contributed by atoms with Gasteiger partial charge in [0, 0.05) is 6.42 Å². The van der Waals surface area contributed by atoms with Crippen LogP contribution in [0.1, 0.15) is 32.8 Å². The number of nitrogens with one attached hydrogen (secondary N) is 2. The molecule has 1 aliphatic rings. The summed E-state index contributed by atoms with van der Waals surface area (Å²) < 4.78 is 0. The van der Waals surface area contributed by atoms with Crippen LogP contribution in [-0.4, -0.2) is 43.4 Å². The number of rotatable bonds is 7. The van der Waals surface area contributed by atoms with Crippen molar-refractivity contribution in [3.8, 4) is 0 Å². The van der Waals surface area contributed by atoms with E-state index in [1.807, 2.05) is 80.6 Å². The Morgan fingerprint density at radius 1 is 0.946 bits per heavy atom. The summed E-state index contributed by atoms with van der Waals surface area (Å²) in [5.74, 6) is -0.444. The van der Waals surface area contributed by atoms with Crippen molar-refractivity contribution in [1.29, 1.82) is 0 Å². The summed E-state index contributed by atoms with van der Waals surface area (Å²) in [5, 5.41) is 7.97. The molecule has 7 nitrogen and oxygen atoms in total. The molecule has 0 saturated carbocycles. The van der Waals surface area contributed by atoms with Crippen LogP contribution < -0.4 is 20.4 Å². The molecule has 3 amide bonds. The van der Waals surface area contributed by atoms with Gasteiger partial charge in [-0.15, -0.1) is 12.4 Å². The Morgan fingerprint density at radius 3 is 2.30 bits per heavy atom. The van der Waals surface area contributed by atoms with Crippen LogP contribution >= 0.6 is 12.4 Å². The second-order valence-electron chi connectivity index (χ2n) is 9.73. The Kier molecular flexibility index (Phi) is 9.29. The minimum Gasteiger partial charge on any atom is -0.341 e. The molecule has 0 radical (unpaired) electrons. The van der Waals surface area contributed by atoms with Gasteiger partial charge in [-0.1, -0.05) is 68.4 Å². The second-order valence-corrected chi connectivity index (χ2v) is 9.73. The third-order valence-electron chi connectivity index (χ3n) is 6.63. The molecule has 3 aromatic rings. The molecule has 3 aromatic carbocycles. The predicted octanol–water partition coefficient (Wildman–Crippen LogP) is 4.28. The Bertz CT molecular complexity index is 1270. The van der Waals surface area contributed by atoms with Gasteiger partial charge in [-0.2, -0.15) is 0 Å². The first-order valence-electron chi connectivity index (χ1n) is 12.4. The number of amides is 3. The minimum absolute atomic E-state index is 0. The van der Waals surface area contributed by atoms with E-state index in [1.165, 1.54) is 0 Å². The van der Waals surface area contributed by atoms with E-state index >= 15 is 0 Å². The molecular formula is C29H35ClN4O3. The zero-order valence-corrected chi connectivity index (χ0v) is 22.5. The number of hydrogen-bond acceptors (Lipinski definition) is 4. The first kappa shape index (κ1) is 28.2. The molecule has 4 rings (SSSR count). The van der Waals surface area contributed by atoms with Gasteiger partial charge in [0.2, 0.25) is 11.8 Å². The van der Waals surface area contributed by atoms with E-state index in [2.05, 4.69) is 10.6 Å². The second kappa shape index (κ2) is 12.2. The zero-order valence-electron chi connectivity index (χ0n) is 21.7. The maximum atomic E-state index is 14.0. The van der Waals surface area contributed by atoms with Gasteiger partial charge in [0.25, 0.3) is 5.91 Å². The van der Waals surface area contributed by atoms with E-state index < -0.39 is 12.1 Å². The third kappa shape index (κ3) is 6.12. The fourth-order valence-corrected chi connectivity index (χ4v) is 4.58. The van der Waals surface area contributed by atoms with E-state index in [4.69, 9.17) is 0 Å². The molecular weight excluding hydrogens is 488 g/mol. The lowest BCUT2D eigenvalue weighted by Gasteiger charge is -2.26. The van der Waals surface area contributed by atoms with Crippen LogP contribution in [0.3, 0.4) is 0 Å². The van der Waals surface area contributed by atoms with Gasteiger partial charge in [0.15, 0.2) is 0 Å². The van der Waals surface area contributed by atoms with Crippen LogP contribution in [0, 0.1) is 5.92 Å². The van der Waals surface area contributed by atoms with Crippen molar-refractivity contribution in [2.75, 3.05) is 23.4 Å². The number of fused-ring (bicyclic) bond motifs is 2. The summed E-state index contributed by atoms with van der Waals surface area (Å²) in [6, 6.07) is 20.2. The molecule has 0 aromatic heterocycles. The SMILES string of the molecule is CNC(C)C(=O)NC1CN(C(=O)CC(C)C)c2ccccc2N(Cc2cccc3ccccc23)C1=O.Cl. The first-order chi connectivity index (χ1) is 17.3. The number of carbonyl (C=O) groups excluding carboxylic acids is 3. The molecule has 8 heteroatoms. The molecule has 2 atom stereocenters. The Morgan fingerprint density at radius 2 is 1.59 bits per heavy atom. The Labute approximate surface area is 224 Å². The summed E-state index contributed by atoms with van der Waals surface area (Å²) in [7, 11) is 1.69. The summed E-state index contributed by atoms with van der Waals surface area (Å²) in [6.45, 7) is 6.12. The maximum absolute atomic E-state index is 14.0. The molecule has 0 saturated heterocycles. The van der Waals surface area contributed by atoms with Crippen LogP contribution in [0.5, 0.6) is 0 Å². The third-order valence-corrected chi connectivity index (χ3v) is 6.63. The lowest BCUT2D eigenvalue weighted by atomic mass is 10.0. The quantitative estimate of drug-likeness (QED) is 0.485. The van der Waals surface area contributed by atoms with Crippen LogP contribution in [0.4, 0.5) is 11.4 Å². The van der Waals surface area contributed by atoms with Crippen LogP contribution in [0.2, 0.25) is 0 Å². The highest BCUT2D eigenvalue weighted by Crippen LogP contribution is 2.35. The van der Waals surface area contributed by atoms with Crippen molar-refractivity contribution in [2.24, 2.45) is 5.92 Å². The van der Waals surface area contributed by atoms with Gasteiger partial charge >= 0.3 is 0 Å². The van der Waals surface area contributed by atoms with Crippen molar-refractivity contribution >= 4 is 52.3 Å². The number of halogens is 1. The predicted molar refractivity (Wildman–Crippen MR) is 151 cm³/mol. The number of hydrogen-bond donors (Lipinski definition) is 2. The Balaban J connectivity index is 0.00000380. The molecule has 2 N–H and O–H groups in total. The van der Waals surface area contributed by atoms with Gasteiger partial charge in [0.1, 0.15) is 6.04 Å². The van der Waals surface area contributed by atoms with E-state index in [0.717, 1.165) is 16.3 Å². The lowest BCUT2D eigenvalue weighted by molar-refractivity contribution is -0.128. The van der Waals surface area contributed by atoms with Crippen molar-refractivity contribution in [3.63, 3.8) is 0 Å². The van der Waals surface area contributed by atoms with Crippen LogP contribution in [0.15, 0.2) is 66.7 Å². The number of para-hydroxylation sites is 2. The fraction of sp³-hybridized carbons (Fsp3) is 0.345. The number of anilines is 2. The normalized spacial score (nSPS) is 16.1. The van der Waals surface area contributed by atoms with Crippen molar-refractivity contribution in [2.45, 2.75) is 45.8 Å². The van der Waals surface area contributed by atoms with Crippen LogP contribution in [-0.2, 0) is 20.9 Å². The number of likely N-dealkylation sites (N-methyl/N-ethyl adjacent to an activating group) is 1. The van der Waals surface area contributed by atoms with E-state index in [1.54, 1.807) is 23.8 Å². The largest absolute Gasteiger partial charge is 0.341 e. The summed E-state index contributed by atoms with van der Waals surface area (Å²) in [5.41, 5.74) is 2.33. The zero-order chi connectivity index (χ0) is 25.8. The van der Waals surface area contributed by atoms with Gasteiger partial charge in [-0.3, -0.25) is 14.4 Å². The fourth-order valence-electron chi connectivity index (χ4n) is 4.58. The Hall–Kier alpha value is -3.42. The average molecular weight is 523 g/mol. The summed E-state index contributed by atoms with van der Waals surface area (Å²) >= 11 is 0. The minimum atomic E-state index is -0.883. The molecule has 37 heavy (non-hydrogen) atoms. The van der Waals surface area contributed by atoms with Gasteiger partial charge in [0.05, 0.1) is 30.5 Å². The molecule has 1 heterocycles. The van der Waals surface area contributed by atoms with Gasteiger partial charge in [-0.25, -0.2) is 0 Å². The molecule has 1 aliphatic heterocycles. The highest BCUT2D eigenvalue weighted by atomic mass is 35.5. The van der Waals surface area contributed by atoms with E-state index in [0.29, 0.717) is 24.3 Å². The topological polar surface area (TPSA) is 81.8 Å². The molecule has 0 aliphatic carbocycles. The molecule has 2 unspecified atom stereocenters. The number of carbonyl (C=O) groups is 3. The van der Waals surface area contributed by atoms with Crippen molar-refractivity contribution in [1.82, 2.24) is 10.6 Å². The van der Waals surface area contributed by atoms with Crippen molar-refractivity contribution < 1.29 is 14.4 Å². The number of nitrogens with zero attached hydrogens (tertiary/aromatic N) is 2. The summed E-state index contributed by atoms with van der Waals surface area (Å²) in [4.78, 5) is 43.6. The highest BCUT2D eigenvalue weighted by Gasteiger charge is 2.37. The van der Waals surface area contributed by atoms with Crippen LogP contribution in [0.25, 0.3) is 10.8 Å². The van der Waals surface area contributed by atoms with Crippen molar-refractivity contribution in [3.05, 3.63) is 72.3 Å². The highest BCUT2D eigenvalue weighted by molar-refractivity contribution is 6.08. The smallest absolute Gasteiger partial charge is 0.251 e.